The van der Waals surface area contributed by atoms with Crippen LogP contribution in [0.4, 0.5) is 26.7 Å². The largest absolute Gasteiger partial charge is 0.493 e. The van der Waals surface area contributed by atoms with Crippen molar-refractivity contribution in [3.05, 3.63) is 53.1 Å². The van der Waals surface area contributed by atoms with Gasteiger partial charge < -0.3 is 24.6 Å². The molecule has 2 aromatic rings. The number of aryl methyl sites for hydroxylation is 1. The zero-order valence-corrected chi connectivity index (χ0v) is 21.1. The lowest BCUT2D eigenvalue weighted by atomic mass is 9.91. The maximum absolute atomic E-state index is 13.3. The van der Waals surface area contributed by atoms with Gasteiger partial charge in [-0.3, -0.25) is 9.69 Å². The SMILES string of the molecule is CCCc1cc(C(O)(C(F)F)C(F)(F)F)ccc1OCCCN1C(=O)NC(C)(c2ccc3c(c2)OCO3)C1=O. The third-order valence-corrected chi connectivity index (χ3v) is 6.78. The molecule has 3 amide bonds. The predicted octanol–water partition coefficient (Wildman–Crippen LogP) is 4.62. The molecule has 4 rings (SSSR count). The van der Waals surface area contributed by atoms with Gasteiger partial charge in [0.2, 0.25) is 12.4 Å². The fourth-order valence-corrected chi connectivity index (χ4v) is 4.54. The van der Waals surface area contributed by atoms with Crippen molar-refractivity contribution in [3.8, 4) is 17.2 Å². The van der Waals surface area contributed by atoms with E-state index >= 15 is 0 Å². The summed E-state index contributed by atoms with van der Waals surface area (Å²) in [6.07, 6.45) is -8.81. The molecule has 0 saturated carbocycles. The van der Waals surface area contributed by atoms with Gasteiger partial charge in [0.15, 0.2) is 11.5 Å². The number of alkyl halides is 5. The van der Waals surface area contributed by atoms with Gasteiger partial charge in [-0.15, -0.1) is 0 Å². The first-order valence-corrected chi connectivity index (χ1v) is 12.2. The first kappa shape index (κ1) is 28.4. The maximum Gasteiger partial charge on any atom is 0.427 e. The van der Waals surface area contributed by atoms with E-state index in [2.05, 4.69) is 5.32 Å². The second kappa shape index (κ2) is 10.5. The van der Waals surface area contributed by atoms with Crippen LogP contribution in [-0.4, -0.2) is 54.5 Å². The number of ether oxygens (including phenoxy) is 3. The van der Waals surface area contributed by atoms with E-state index in [0.717, 1.165) is 23.1 Å². The summed E-state index contributed by atoms with van der Waals surface area (Å²) in [5.74, 6) is 0.655. The topological polar surface area (TPSA) is 97.3 Å². The molecule has 0 radical (unpaired) electrons. The van der Waals surface area contributed by atoms with Crippen LogP contribution in [0.2, 0.25) is 0 Å². The van der Waals surface area contributed by atoms with Crippen LogP contribution < -0.4 is 19.5 Å². The van der Waals surface area contributed by atoms with Crippen molar-refractivity contribution in [2.75, 3.05) is 19.9 Å². The van der Waals surface area contributed by atoms with Crippen molar-refractivity contribution in [3.63, 3.8) is 0 Å². The van der Waals surface area contributed by atoms with Crippen LogP contribution in [0, 0.1) is 0 Å². The molecule has 2 aliphatic rings. The average Bonchev–Trinajstić information content (AvgIpc) is 3.43. The lowest BCUT2D eigenvalue weighted by Gasteiger charge is -2.30. The number of urea groups is 1. The Hall–Kier alpha value is -3.61. The van der Waals surface area contributed by atoms with E-state index in [4.69, 9.17) is 14.2 Å². The van der Waals surface area contributed by atoms with Gasteiger partial charge in [-0.05, 0) is 60.7 Å². The molecule has 13 heteroatoms. The normalized spacial score (nSPS) is 20.4. The number of hydrogen-bond acceptors (Lipinski definition) is 6. The molecule has 39 heavy (non-hydrogen) atoms. The first-order valence-electron chi connectivity index (χ1n) is 12.2. The van der Waals surface area contributed by atoms with Crippen LogP contribution in [0.5, 0.6) is 17.2 Å². The smallest absolute Gasteiger partial charge is 0.427 e. The van der Waals surface area contributed by atoms with Gasteiger partial charge in [0.1, 0.15) is 11.3 Å². The number of rotatable bonds is 10. The summed E-state index contributed by atoms with van der Waals surface area (Å²) < 4.78 is 82.8. The van der Waals surface area contributed by atoms with Crippen LogP contribution in [-0.2, 0) is 22.4 Å². The van der Waals surface area contributed by atoms with Crippen LogP contribution in [0.15, 0.2) is 36.4 Å². The number of imide groups is 1. The zero-order valence-electron chi connectivity index (χ0n) is 21.1. The number of amides is 3. The number of carbonyl (C=O) groups is 2. The van der Waals surface area contributed by atoms with Crippen molar-refractivity contribution in [2.24, 2.45) is 0 Å². The minimum atomic E-state index is -5.59. The Morgan fingerprint density at radius 2 is 1.85 bits per heavy atom. The Bertz CT molecular complexity index is 1260. The Morgan fingerprint density at radius 3 is 2.51 bits per heavy atom. The number of carbonyl (C=O) groups excluding carboxylic acids is 2. The molecule has 0 aliphatic carbocycles. The monoisotopic (exact) mass is 558 g/mol. The predicted molar refractivity (Wildman–Crippen MR) is 127 cm³/mol. The number of hydrogen-bond donors (Lipinski definition) is 2. The molecule has 212 valence electrons. The third-order valence-electron chi connectivity index (χ3n) is 6.78. The summed E-state index contributed by atoms with van der Waals surface area (Å²) in [4.78, 5) is 26.8. The van der Waals surface area contributed by atoms with Crippen molar-refractivity contribution in [2.45, 2.75) is 56.9 Å². The fraction of sp³-hybridized carbons (Fsp3) is 0.462. The summed E-state index contributed by atoms with van der Waals surface area (Å²) in [6, 6.07) is 7.05. The molecule has 2 aromatic carbocycles. The van der Waals surface area contributed by atoms with Gasteiger partial charge in [0.25, 0.3) is 12.3 Å². The van der Waals surface area contributed by atoms with Gasteiger partial charge in [-0.2, -0.15) is 13.2 Å². The summed E-state index contributed by atoms with van der Waals surface area (Å²) in [7, 11) is 0. The standard InChI is InChI=1S/C26H27F5N2O6/c1-3-5-15-12-17(25(36,21(27)28)26(29,30)31)7-8-18(15)37-11-4-10-33-22(34)24(2,32-23(33)35)16-6-9-19-20(13-16)39-14-38-19/h6-9,12-13,21,36H,3-5,10-11,14H2,1-2H3,(H,32,35). The van der Waals surface area contributed by atoms with Crippen LogP contribution in [0.25, 0.3) is 0 Å². The minimum absolute atomic E-state index is 0.00872. The van der Waals surface area contributed by atoms with E-state index in [0.29, 0.717) is 23.5 Å². The van der Waals surface area contributed by atoms with Crippen molar-refractivity contribution < 1.29 is 50.9 Å². The van der Waals surface area contributed by atoms with E-state index < -0.39 is 41.2 Å². The lowest BCUT2D eigenvalue weighted by molar-refractivity contribution is -0.305. The summed E-state index contributed by atoms with van der Waals surface area (Å²) in [6.45, 7) is 3.34. The Labute approximate surface area is 220 Å². The highest BCUT2D eigenvalue weighted by Crippen LogP contribution is 2.44. The number of nitrogens with one attached hydrogen (secondary N) is 1. The molecule has 2 aliphatic heterocycles. The van der Waals surface area contributed by atoms with E-state index in [-0.39, 0.29) is 44.1 Å². The molecule has 1 fully saturated rings. The molecule has 8 nitrogen and oxygen atoms in total. The molecule has 2 atom stereocenters. The minimum Gasteiger partial charge on any atom is -0.493 e. The van der Waals surface area contributed by atoms with Crippen molar-refractivity contribution in [1.82, 2.24) is 10.2 Å². The Kier molecular flexibility index (Phi) is 7.66. The zero-order chi connectivity index (χ0) is 28.6. The third kappa shape index (κ3) is 5.07. The molecule has 2 N–H and O–H groups in total. The molecule has 2 heterocycles. The number of benzene rings is 2. The lowest BCUT2D eigenvalue weighted by Crippen LogP contribution is -2.48. The number of nitrogens with zero attached hydrogens (tertiary/aromatic N) is 1. The maximum atomic E-state index is 13.3. The van der Waals surface area contributed by atoms with Gasteiger partial charge in [-0.25, -0.2) is 13.6 Å². The van der Waals surface area contributed by atoms with Gasteiger partial charge in [0, 0.05) is 6.54 Å². The second-order valence-electron chi connectivity index (χ2n) is 9.42. The van der Waals surface area contributed by atoms with Crippen molar-refractivity contribution >= 4 is 11.9 Å². The van der Waals surface area contributed by atoms with E-state index in [1.165, 1.54) is 0 Å². The van der Waals surface area contributed by atoms with Gasteiger partial charge >= 0.3 is 12.2 Å². The highest BCUT2D eigenvalue weighted by atomic mass is 19.4. The highest BCUT2D eigenvalue weighted by Gasteiger charge is 2.61. The number of halogens is 5. The van der Waals surface area contributed by atoms with Crippen LogP contribution >= 0.6 is 0 Å². The Balaban J connectivity index is 1.42. The highest BCUT2D eigenvalue weighted by molar-refractivity contribution is 6.07. The van der Waals surface area contributed by atoms with E-state index in [1.54, 1.807) is 32.0 Å². The molecule has 1 saturated heterocycles. The summed E-state index contributed by atoms with van der Waals surface area (Å²) in [5, 5.41) is 12.5. The fourth-order valence-electron chi connectivity index (χ4n) is 4.54. The number of aliphatic hydroxyl groups is 1. The Morgan fingerprint density at radius 1 is 1.13 bits per heavy atom. The quantitative estimate of drug-likeness (QED) is 0.251. The summed E-state index contributed by atoms with van der Waals surface area (Å²) >= 11 is 0. The molecular formula is C26H27F5N2O6. The average molecular weight is 559 g/mol. The first-order chi connectivity index (χ1) is 18.3. The molecule has 2 unspecified atom stereocenters. The van der Waals surface area contributed by atoms with Gasteiger partial charge in [-0.1, -0.05) is 25.5 Å². The second-order valence-corrected chi connectivity index (χ2v) is 9.42. The molecule has 0 spiro atoms. The van der Waals surface area contributed by atoms with E-state index in [1.807, 2.05) is 0 Å². The summed E-state index contributed by atoms with van der Waals surface area (Å²) in [5.41, 5.74) is -5.91. The molecule has 0 bridgehead atoms. The number of fused-ring (bicyclic) bond motifs is 1. The van der Waals surface area contributed by atoms with Crippen LogP contribution in [0.3, 0.4) is 0 Å². The molecule has 0 aromatic heterocycles. The van der Waals surface area contributed by atoms with Gasteiger partial charge in [0.05, 0.1) is 6.61 Å². The van der Waals surface area contributed by atoms with Crippen molar-refractivity contribution in [1.29, 1.82) is 0 Å². The van der Waals surface area contributed by atoms with E-state index in [9.17, 15) is 36.6 Å². The molecular weight excluding hydrogens is 531 g/mol. The van der Waals surface area contributed by atoms with Crippen LogP contribution in [0.1, 0.15) is 43.4 Å².